The van der Waals surface area contributed by atoms with Crippen molar-refractivity contribution in [3.05, 3.63) is 83.9 Å². The van der Waals surface area contributed by atoms with E-state index < -0.39 is 10.0 Å². The van der Waals surface area contributed by atoms with Gasteiger partial charge < -0.3 is 10.1 Å². The summed E-state index contributed by atoms with van der Waals surface area (Å²) in [5.74, 6) is 0.108. The van der Waals surface area contributed by atoms with Gasteiger partial charge in [-0.15, -0.1) is 0 Å². The molecule has 0 atom stereocenters. The molecule has 0 heterocycles. The second-order valence-corrected chi connectivity index (χ2v) is 8.23. The van der Waals surface area contributed by atoms with E-state index in [0.717, 1.165) is 16.8 Å². The summed E-state index contributed by atoms with van der Waals surface area (Å²) < 4.78 is 33.1. The predicted octanol–water partition coefficient (Wildman–Crippen LogP) is 4.12. The van der Waals surface area contributed by atoms with Crippen molar-refractivity contribution in [3.63, 3.8) is 0 Å². The van der Waals surface area contributed by atoms with Crippen molar-refractivity contribution in [2.75, 3.05) is 16.6 Å². The topological polar surface area (TPSA) is 84.5 Å². The lowest BCUT2D eigenvalue weighted by Gasteiger charge is -2.12. The van der Waals surface area contributed by atoms with Gasteiger partial charge in [0.2, 0.25) is 0 Å². The minimum atomic E-state index is -3.71. The van der Waals surface area contributed by atoms with Gasteiger partial charge in [-0.05, 0) is 61.4 Å². The molecule has 3 rings (SSSR count). The van der Waals surface area contributed by atoms with E-state index in [1.807, 2.05) is 50.2 Å². The number of aryl methyl sites for hydroxylation is 2. The minimum Gasteiger partial charge on any atom is -0.484 e. The first kappa shape index (κ1) is 20.4. The second-order valence-electron chi connectivity index (χ2n) is 6.54. The molecule has 7 heteroatoms. The minimum absolute atomic E-state index is 0.109. The van der Waals surface area contributed by atoms with Crippen LogP contribution < -0.4 is 14.8 Å². The Kier molecular flexibility index (Phi) is 6.19. The zero-order valence-electron chi connectivity index (χ0n) is 16.2. The highest BCUT2D eigenvalue weighted by Gasteiger charge is 2.15. The van der Waals surface area contributed by atoms with E-state index in [0.29, 0.717) is 11.4 Å². The third-order valence-corrected chi connectivity index (χ3v) is 5.69. The zero-order valence-corrected chi connectivity index (χ0v) is 17.0. The second kappa shape index (κ2) is 8.79. The van der Waals surface area contributed by atoms with Crippen LogP contribution in [0.15, 0.2) is 77.7 Å². The van der Waals surface area contributed by atoms with Crippen molar-refractivity contribution < 1.29 is 17.9 Å². The van der Waals surface area contributed by atoms with Gasteiger partial charge in [0.25, 0.3) is 15.9 Å². The average molecular weight is 410 g/mol. The monoisotopic (exact) mass is 410 g/mol. The lowest BCUT2D eigenvalue weighted by Crippen LogP contribution is -2.20. The highest BCUT2D eigenvalue weighted by molar-refractivity contribution is 7.92. The number of rotatable bonds is 7. The van der Waals surface area contributed by atoms with E-state index in [1.165, 1.54) is 24.3 Å². The molecule has 3 aromatic carbocycles. The molecule has 0 aliphatic rings. The van der Waals surface area contributed by atoms with Crippen LogP contribution in [0.4, 0.5) is 11.4 Å². The molecule has 150 valence electrons. The first-order valence-electron chi connectivity index (χ1n) is 9.02. The van der Waals surface area contributed by atoms with Crippen LogP contribution in [0, 0.1) is 13.8 Å². The largest absolute Gasteiger partial charge is 0.484 e. The third kappa shape index (κ3) is 5.36. The first-order valence-corrected chi connectivity index (χ1v) is 10.5. The van der Waals surface area contributed by atoms with Crippen molar-refractivity contribution >= 4 is 27.3 Å². The van der Waals surface area contributed by atoms with E-state index in [4.69, 9.17) is 4.74 Å². The lowest BCUT2D eigenvalue weighted by molar-refractivity contribution is -0.118. The summed E-state index contributed by atoms with van der Waals surface area (Å²) in [5.41, 5.74) is 3.04. The Morgan fingerprint density at radius 3 is 1.97 bits per heavy atom. The fourth-order valence-electron chi connectivity index (χ4n) is 2.65. The summed E-state index contributed by atoms with van der Waals surface area (Å²) in [7, 11) is -3.71. The van der Waals surface area contributed by atoms with E-state index in [9.17, 15) is 13.2 Å². The summed E-state index contributed by atoms with van der Waals surface area (Å²) in [6.07, 6.45) is 0. The molecule has 0 bridgehead atoms. The molecule has 0 radical (unpaired) electrons. The molecule has 2 N–H and O–H groups in total. The number of carbonyl (C=O) groups excluding carboxylic acids is 1. The van der Waals surface area contributed by atoms with Crippen molar-refractivity contribution in [2.45, 2.75) is 18.7 Å². The highest BCUT2D eigenvalue weighted by atomic mass is 32.2. The SMILES string of the molecule is Cc1ccccc1NC(=O)COc1ccc(S(=O)(=O)Nc2ccccc2C)cc1. The number of hydrogen-bond acceptors (Lipinski definition) is 4. The molecule has 0 aliphatic carbocycles. The van der Waals surface area contributed by atoms with Crippen LogP contribution >= 0.6 is 0 Å². The summed E-state index contributed by atoms with van der Waals surface area (Å²) in [4.78, 5) is 12.2. The number of ether oxygens (including phenoxy) is 1. The fourth-order valence-corrected chi connectivity index (χ4v) is 3.79. The third-order valence-electron chi connectivity index (χ3n) is 4.31. The van der Waals surface area contributed by atoms with Crippen molar-refractivity contribution in [1.29, 1.82) is 0 Å². The van der Waals surface area contributed by atoms with E-state index in [2.05, 4.69) is 10.0 Å². The van der Waals surface area contributed by atoms with Crippen molar-refractivity contribution in [3.8, 4) is 5.75 Å². The molecule has 0 fully saturated rings. The zero-order chi connectivity index (χ0) is 20.9. The van der Waals surface area contributed by atoms with Gasteiger partial charge in [0.05, 0.1) is 10.6 Å². The maximum absolute atomic E-state index is 12.6. The van der Waals surface area contributed by atoms with Crippen LogP contribution in [0.3, 0.4) is 0 Å². The number of sulfonamides is 1. The van der Waals surface area contributed by atoms with Gasteiger partial charge in [0, 0.05) is 5.69 Å². The Hall–Kier alpha value is -3.32. The molecule has 1 amide bonds. The van der Waals surface area contributed by atoms with Crippen LogP contribution in [0.25, 0.3) is 0 Å². The number of hydrogen-bond donors (Lipinski definition) is 2. The van der Waals surface area contributed by atoms with Crippen LogP contribution in [0.5, 0.6) is 5.75 Å². The van der Waals surface area contributed by atoms with Crippen molar-refractivity contribution in [1.82, 2.24) is 0 Å². The molecule has 0 spiro atoms. The van der Waals surface area contributed by atoms with Gasteiger partial charge in [-0.1, -0.05) is 36.4 Å². The van der Waals surface area contributed by atoms with Crippen LogP contribution in [-0.2, 0) is 14.8 Å². The number of benzene rings is 3. The Balaban J connectivity index is 1.60. The molecular weight excluding hydrogens is 388 g/mol. The quantitative estimate of drug-likeness (QED) is 0.614. The summed E-state index contributed by atoms with van der Waals surface area (Å²) in [6.45, 7) is 3.55. The number of amides is 1. The highest BCUT2D eigenvalue weighted by Crippen LogP contribution is 2.21. The molecule has 29 heavy (non-hydrogen) atoms. The molecule has 0 saturated carbocycles. The molecule has 0 unspecified atom stereocenters. The maximum Gasteiger partial charge on any atom is 0.262 e. The van der Waals surface area contributed by atoms with Gasteiger partial charge in [-0.2, -0.15) is 0 Å². The van der Waals surface area contributed by atoms with Gasteiger partial charge in [0.15, 0.2) is 6.61 Å². The van der Waals surface area contributed by atoms with E-state index in [1.54, 1.807) is 12.1 Å². The molecule has 3 aromatic rings. The number of nitrogens with one attached hydrogen (secondary N) is 2. The Bertz CT molecular complexity index is 1110. The Morgan fingerprint density at radius 2 is 1.38 bits per heavy atom. The molecule has 0 aliphatic heterocycles. The summed E-state index contributed by atoms with van der Waals surface area (Å²) >= 11 is 0. The van der Waals surface area contributed by atoms with Gasteiger partial charge in [-0.25, -0.2) is 8.42 Å². The number of anilines is 2. The molecule has 0 saturated heterocycles. The standard InChI is InChI=1S/C22H22N2O4S/c1-16-7-3-5-9-20(16)23-22(25)15-28-18-11-13-19(14-12-18)29(26,27)24-21-10-6-4-8-17(21)2/h3-14,24H,15H2,1-2H3,(H,23,25). The Morgan fingerprint density at radius 1 is 0.828 bits per heavy atom. The van der Waals surface area contributed by atoms with Gasteiger partial charge in [-0.3, -0.25) is 9.52 Å². The summed E-state index contributed by atoms with van der Waals surface area (Å²) in [6, 6.07) is 20.5. The van der Waals surface area contributed by atoms with Gasteiger partial charge >= 0.3 is 0 Å². The van der Waals surface area contributed by atoms with Crippen molar-refractivity contribution in [2.24, 2.45) is 0 Å². The molecule has 6 nitrogen and oxygen atoms in total. The maximum atomic E-state index is 12.6. The molecular formula is C22H22N2O4S. The van der Waals surface area contributed by atoms with Crippen LogP contribution in [0.2, 0.25) is 0 Å². The Labute approximate surface area is 170 Å². The van der Waals surface area contributed by atoms with Crippen LogP contribution in [0.1, 0.15) is 11.1 Å². The normalized spacial score (nSPS) is 11.0. The average Bonchev–Trinajstić information content (AvgIpc) is 2.70. The van der Waals surface area contributed by atoms with E-state index in [-0.39, 0.29) is 17.4 Å². The van der Waals surface area contributed by atoms with E-state index >= 15 is 0 Å². The number of para-hydroxylation sites is 2. The fraction of sp³-hybridized carbons (Fsp3) is 0.136. The molecule has 0 aromatic heterocycles. The lowest BCUT2D eigenvalue weighted by atomic mass is 10.2. The first-order chi connectivity index (χ1) is 13.8. The van der Waals surface area contributed by atoms with Gasteiger partial charge in [0.1, 0.15) is 5.75 Å². The smallest absolute Gasteiger partial charge is 0.262 e. The predicted molar refractivity (Wildman–Crippen MR) is 114 cm³/mol. The summed E-state index contributed by atoms with van der Waals surface area (Å²) in [5, 5.41) is 2.78. The number of carbonyl (C=O) groups is 1. The van der Waals surface area contributed by atoms with Crippen LogP contribution in [-0.4, -0.2) is 20.9 Å².